The number of nitrogens with zero attached hydrogens (tertiary/aromatic N) is 2. The number of hydrogen-bond acceptors (Lipinski definition) is 3. The van der Waals surface area contributed by atoms with E-state index in [9.17, 15) is 22.8 Å². The molecule has 2 amide bonds. The van der Waals surface area contributed by atoms with Gasteiger partial charge in [0.1, 0.15) is 6.54 Å². The van der Waals surface area contributed by atoms with Gasteiger partial charge in [-0.05, 0) is 47.2 Å². The van der Waals surface area contributed by atoms with Gasteiger partial charge in [0.05, 0.1) is 11.6 Å². The van der Waals surface area contributed by atoms with E-state index in [-0.39, 0.29) is 30.6 Å². The van der Waals surface area contributed by atoms with E-state index in [2.05, 4.69) is 6.58 Å². The van der Waals surface area contributed by atoms with E-state index in [0.717, 1.165) is 23.3 Å². The Morgan fingerprint density at radius 1 is 1.12 bits per heavy atom. The zero-order valence-electron chi connectivity index (χ0n) is 18.3. The number of fused-ring (bicyclic) bond motifs is 1. The highest BCUT2D eigenvalue weighted by molar-refractivity contribution is 7.10. The molecule has 1 aliphatic rings. The van der Waals surface area contributed by atoms with Gasteiger partial charge in [0.15, 0.2) is 0 Å². The normalized spacial score (nSPS) is 15.5. The molecule has 1 aliphatic heterocycles. The van der Waals surface area contributed by atoms with Gasteiger partial charge in [-0.25, -0.2) is 0 Å². The molecule has 0 saturated heterocycles. The van der Waals surface area contributed by atoms with E-state index in [1.807, 2.05) is 41.8 Å². The smallest absolute Gasteiger partial charge is 0.330 e. The van der Waals surface area contributed by atoms with Crippen molar-refractivity contribution in [2.24, 2.45) is 0 Å². The molecule has 2 aromatic carbocycles. The van der Waals surface area contributed by atoms with Crippen LogP contribution in [0.4, 0.5) is 13.2 Å². The molecular weight excluding hydrogens is 461 g/mol. The summed E-state index contributed by atoms with van der Waals surface area (Å²) < 4.78 is 39.4. The summed E-state index contributed by atoms with van der Waals surface area (Å²) in [6, 6.07) is 15.7. The molecule has 4 nitrogen and oxygen atoms in total. The molecule has 8 heteroatoms. The summed E-state index contributed by atoms with van der Waals surface area (Å²) in [5.74, 6) is -0.920. The van der Waals surface area contributed by atoms with Crippen LogP contribution in [0.25, 0.3) is 0 Å². The Morgan fingerprint density at radius 2 is 1.88 bits per heavy atom. The van der Waals surface area contributed by atoms with Crippen LogP contribution in [0.3, 0.4) is 0 Å². The van der Waals surface area contributed by atoms with E-state index >= 15 is 0 Å². The fraction of sp³-hybridized carbons (Fsp3) is 0.231. The minimum atomic E-state index is -4.57. The maximum atomic E-state index is 13.5. The van der Waals surface area contributed by atoms with Gasteiger partial charge in [-0.1, -0.05) is 42.5 Å². The van der Waals surface area contributed by atoms with Crippen molar-refractivity contribution in [3.05, 3.63) is 106 Å². The van der Waals surface area contributed by atoms with Gasteiger partial charge in [-0.3, -0.25) is 9.59 Å². The molecule has 4 rings (SSSR count). The third kappa shape index (κ3) is 4.92. The lowest BCUT2D eigenvalue weighted by Gasteiger charge is -2.37. The van der Waals surface area contributed by atoms with Crippen LogP contribution in [-0.4, -0.2) is 41.2 Å². The molecule has 3 aromatic rings. The highest BCUT2D eigenvalue weighted by Crippen LogP contribution is 2.38. The van der Waals surface area contributed by atoms with Crippen LogP contribution in [0.5, 0.6) is 0 Å². The number of thiophene rings is 1. The molecule has 0 bridgehead atoms. The first kappa shape index (κ1) is 23.8. The lowest BCUT2D eigenvalue weighted by molar-refractivity contribution is -0.137. The summed E-state index contributed by atoms with van der Waals surface area (Å²) in [6.07, 6.45) is -2.39. The van der Waals surface area contributed by atoms with Gasteiger partial charge in [0, 0.05) is 23.5 Å². The predicted octanol–water partition coefficient (Wildman–Crippen LogP) is 5.57. The number of hydrogen-bond donors (Lipinski definition) is 0. The van der Waals surface area contributed by atoms with Crippen molar-refractivity contribution >= 4 is 23.2 Å². The van der Waals surface area contributed by atoms with Crippen molar-refractivity contribution in [1.29, 1.82) is 0 Å². The van der Waals surface area contributed by atoms with Gasteiger partial charge < -0.3 is 9.80 Å². The van der Waals surface area contributed by atoms with Crippen LogP contribution in [0.1, 0.15) is 38.0 Å². The molecule has 34 heavy (non-hydrogen) atoms. The number of carbonyl (C=O) groups is 2. The maximum Gasteiger partial charge on any atom is 0.416 e. The van der Waals surface area contributed by atoms with Crippen molar-refractivity contribution in [2.75, 3.05) is 19.6 Å². The van der Waals surface area contributed by atoms with Crippen LogP contribution in [0.2, 0.25) is 0 Å². The average molecular weight is 485 g/mol. The zero-order chi connectivity index (χ0) is 24.3. The second-order valence-electron chi connectivity index (χ2n) is 8.00. The average Bonchev–Trinajstić information content (AvgIpc) is 3.31. The van der Waals surface area contributed by atoms with Gasteiger partial charge >= 0.3 is 6.18 Å². The van der Waals surface area contributed by atoms with Crippen molar-refractivity contribution in [3.8, 4) is 0 Å². The fourth-order valence-corrected chi connectivity index (χ4v) is 5.12. The van der Waals surface area contributed by atoms with Gasteiger partial charge in [0.2, 0.25) is 5.91 Å². The summed E-state index contributed by atoms with van der Waals surface area (Å²) in [5.41, 5.74) is 1.00. The SMILES string of the molecule is C=CCN(CC(=O)N1CCc2sccc2C1c1ccccc1)C(=O)c1cccc(C(F)(F)F)c1. The Kier molecular flexibility index (Phi) is 6.88. The van der Waals surface area contributed by atoms with E-state index in [1.54, 1.807) is 16.2 Å². The Hall–Kier alpha value is -3.39. The molecule has 0 aliphatic carbocycles. The maximum absolute atomic E-state index is 13.5. The third-order valence-electron chi connectivity index (χ3n) is 5.80. The molecular formula is C26H23F3N2O2S. The Morgan fingerprint density at radius 3 is 2.59 bits per heavy atom. The Labute approximate surface area is 199 Å². The predicted molar refractivity (Wildman–Crippen MR) is 126 cm³/mol. The largest absolute Gasteiger partial charge is 0.416 e. The molecule has 0 N–H and O–H groups in total. The molecule has 0 radical (unpaired) electrons. The van der Waals surface area contributed by atoms with Crippen molar-refractivity contribution in [1.82, 2.24) is 9.80 Å². The molecule has 0 spiro atoms. The van der Waals surface area contributed by atoms with Crippen molar-refractivity contribution in [3.63, 3.8) is 0 Å². The number of halogens is 3. The first-order valence-electron chi connectivity index (χ1n) is 10.8. The minimum Gasteiger partial charge on any atom is -0.330 e. The molecule has 1 aromatic heterocycles. The molecule has 2 heterocycles. The number of rotatable bonds is 6. The first-order chi connectivity index (χ1) is 16.3. The second kappa shape index (κ2) is 9.85. The number of alkyl halides is 3. The van der Waals surface area contributed by atoms with E-state index < -0.39 is 17.6 Å². The number of benzene rings is 2. The van der Waals surface area contributed by atoms with Crippen LogP contribution in [-0.2, 0) is 17.4 Å². The topological polar surface area (TPSA) is 40.6 Å². The van der Waals surface area contributed by atoms with Crippen molar-refractivity contribution < 1.29 is 22.8 Å². The van der Waals surface area contributed by atoms with Gasteiger partial charge in [-0.15, -0.1) is 17.9 Å². The monoisotopic (exact) mass is 484 g/mol. The van der Waals surface area contributed by atoms with E-state index in [4.69, 9.17) is 0 Å². The fourth-order valence-electron chi connectivity index (χ4n) is 4.22. The summed E-state index contributed by atoms with van der Waals surface area (Å²) in [7, 11) is 0. The molecule has 1 atom stereocenters. The van der Waals surface area contributed by atoms with Gasteiger partial charge in [0.25, 0.3) is 5.91 Å². The van der Waals surface area contributed by atoms with E-state index in [1.165, 1.54) is 28.0 Å². The first-order valence-corrected chi connectivity index (χ1v) is 11.7. The molecule has 176 valence electrons. The highest BCUT2D eigenvalue weighted by atomic mass is 32.1. The zero-order valence-corrected chi connectivity index (χ0v) is 19.1. The van der Waals surface area contributed by atoms with E-state index in [0.29, 0.717) is 13.0 Å². The lowest BCUT2D eigenvalue weighted by Crippen LogP contribution is -2.46. The molecule has 0 fully saturated rings. The minimum absolute atomic E-state index is 0.0361. The second-order valence-corrected chi connectivity index (χ2v) is 9.00. The van der Waals surface area contributed by atoms with Crippen LogP contribution >= 0.6 is 11.3 Å². The van der Waals surface area contributed by atoms with Crippen LogP contribution in [0, 0.1) is 0 Å². The van der Waals surface area contributed by atoms with Crippen molar-refractivity contribution in [2.45, 2.75) is 18.6 Å². The Balaban J connectivity index is 1.60. The number of amides is 2. The quantitative estimate of drug-likeness (QED) is 0.429. The summed E-state index contributed by atoms with van der Waals surface area (Å²) >= 11 is 1.66. The molecule has 0 saturated carbocycles. The lowest BCUT2D eigenvalue weighted by atomic mass is 9.93. The standard InChI is InChI=1S/C26H23F3N2O2S/c1-2-13-30(25(33)19-9-6-10-20(16-19)26(27,28)29)17-23(32)31-14-11-22-21(12-15-34-22)24(31)18-7-4-3-5-8-18/h2-10,12,15-16,24H,1,11,13-14,17H2. The van der Waals surface area contributed by atoms with Gasteiger partial charge in [-0.2, -0.15) is 13.2 Å². The summed E-state index contributed by atoms with van der Waals surface area (Å²) in [6.45, 7) is 3.91. The summed E-state index contributed by atoms with van der Waals surface area (Å²) in [4.78, 5) is 30.8. The third-order valence-corrected chi connectivity index (χ3v) is 6.80. The van der Waals surface area contributed by atoms with Crippen LogP contribution in [0.15, 0.2) is 78.7 Å². The molecule has 1 unspecified atom stereocenters. The highest BCUT2D eigenvalue weighted by Gasteiger charge is 2.35. The number of carbonyl (C=O) groups excluding carboxylic acids is 2. The van der Waals surface area contributed by atoms with Crippen LogP contribution < -0.4 is 0 Å². The summed E-state index contributed by atoms with van der Waals surface area (Å²) in [5, 5.41) is 2.01. The Bertz CT molecular complexity index is 1190.